The number of amides is 1. The van der Waals surface area contributed by atoms with Crippen LogP contribution in [0.2, 0.25) is 0 Å². The molecule has 32 heavy (non-hydrogen) atoms. The van der Waals surface area contributed by atoms with E-state index in [0.29, 0.717) is 19.7 Å². The zero-order chi connectivity index (χ0) is 21.8. The summed E-state index contributed by atoms with van der Waals surface area (Å²) in [6.45, 7) is 1.64. The second-order valence-corrected chi connectivity index (χ2v) is 8.37. The monoisotopic (exact) mass is 430 g/mol. The summed E-state index contributed by atoms with van der Waals surface area (Å²) in [6.07, 6.45) is 2.44. The normalized spacial score (nSPS) is 22.1. The standard InChI is InChI=1S/C24H22N4O4/c29-18-13-25-28-21(22(18)30)24(31)27-12-6-5-11-26(27)23(28)20-16-8-2-1-7-15(16)14-32-19-10-4-3-9-17(19)20/h1-4,7-10,13,20,23,30H,5-6,11-12,14H2. The van der Waals surface area contributed by atoms with Crippen molar-refractivity contribution in [3.05, 3.63) is 87.3 Å². The summed E-state index contributed by atoms with van der Waals surface area (Å²) >= 11 is 0. The summed E-state index contributed by atoms with van der Waals surface area (Å²) in [5.74, 6) is -0.394. The van der Waals surface area contributed by atoms with Crippen LogP contribution in [0.4, 0.5) is 0 Å². The first-order chi connectivity index (χ1) is 15.6. The fraction of sp³-hybridized carbons (Fsp3) is 0.292. The molecule has 6 rings (SSSR count). The molecule has 162 valence electrons. The van der Waals surface area contributed by atoms with Crippen molar-refractivity contribution < 1.29 is 14.6 Å². The van der Waals surface area contributed by atoms with Gasteiger partial charge in [-0.1, -0.05) is 42.5 Å². The molecule has 2 unspecified atom stereocenters. The lowest BCUT2D eigenvalue weighted by molar-refractivity contribution is -0.104. The van der Waals surface area contributed by atoms with Gasteiger partial charge in [0.05, 0.1) is 12.1 Å². The van der Waals surface area contributed by atoms with E-state index in [9.17, 15) is 14.7 Å². The Labute approximate surface area is 184 Å². The number of ether oxygens (including phenoxy) is 1. The number of hydrogen-bond donors (Lipinski definition) is 1. The van der Waals surface area contributed by atoms with E-state index in [2.05, 4.69) is 11.2 Å². The van der Waals surface area contributed by atoms with E-state index in [-0.39, 0.29) is 11.6 Å². The third-order valence-corrected chi connectivity index (χ3v) is 6.62. The molecule has 8 heteroatoms. The van der Waals surface area contributed by atoms with Gasteiger partial charge in [0.1, 0.15) is 18.5 Å². The summed E-state index contributed by atoms with van der Waals surface area (Å²) in [5.41, 5.74) is 2.40. The van der Waals surface area contributed by atoms with Gasteiger partial charge in [0.25, 0.3) is 5.91 Å². The van der Waals surface area contributed by atoms with Crippen LogP contribution in [0.25, 0.3) is 0 Å². The van der Waals surface area contributed by atoms with E-state index >= 15 is 0 Å². The molecule has 0 bridgehead atoms. The summed E-state index contributed by atoms with van der Waals surface area (Å²) < 4.78 is 7.69. The van der Waals surface area contributed by atoms with Gasteiger partial charge >= 0.3 is 0 Å². The van der Waals surface area contributed by atoms with E-state index < -0.39 is 23.3 Å². The maximum atomic E-state index is 13.3. The van der Waals surface area contributed by atoms with Gasteiger partial charge in [-0.3, -0.25) is 14.6 Å². The number of hydrazine groups is 1. The molecular formula is C24H22N4O4. The van der Waals surface area contributed by atoms with Crippen molar-refractivity contribution in [1.29, 1.82) is 0 Å². The Morgan fingerprint density at radius 3 is 2.59 bits per heavy atom. The van der Waals surface area contributed by atoms with Crippen LogP contribution in [0.15, 0.2) is 59.5 Å². The quantitative estimate of drug-likeness (QED) is 0.639. The Hall–Kier alpha value is -3.65. The van der Waals surface area contributed by atoms with E-state index in [4.69, 9.17) is 4.74 Å². The second kappa shape index (κ2) is 7.20. The highest BCUT2D eigenvalue weighted by atomic mass is 16.5. The Bertz CT molecular complexity index is 1240. The Morgan fingerprint density at radius 1 is 0.969 bits per heavy atom. The molecule has 2 atom stereocenters. The van der Waals surface area contributed by atoms with Crippen molar-refractivity contribution in [2.24, 2.45) is 0 Å². The van der Waals surface area contributed by atoms with Gasteiger partial charge in [0, 0.05) is 18.7 Å². The molecule has 0 aliphatic carbocycles. The molecule has 1 amide bonds. The van der Waals surface area contributed by atoms with E-state index in [0.717, 1.165) is 41.5 Å². The molecule has 1 aromatic heterocycles. The minimum absolute atomic E-state index is 0.0548. The van der Waals surface area contributed by atoms with Crippen LogP contribution >= 0.6 is 0 Å². The predicted octanol–water partition coefficient (Wildman–Crippen LogP) is 2.64. The van der Waals surface area contributed by atoms with Gasteiger partial charge < -0.3 is 9.84 Å². The molecule has 1 N–H and O–H groups in total. The zero-order valence-corrected chi connectivity index (χ0v) is 17.3. The number of nitrogens with zero attached hydrogens (tertiary/aromatic N) is 4. The molecule has 3 aliphatic heterocycles. The fourth-order valence-electron chi connectivity index (χ4n) is 5.18. The largest absolute Gasteiger partial charge is 0.502 e. The number of para-hydroxylation sites is 1. The maximum Gasteiger partial charge on any atom is 0.290 e. The summed E-state index contributed by atoms with van der Waals surface area (Å²) in [7, 11) is 0. The first-order valence-corrected chi connectivity index (χ1v) is 10.8. The number of carbonyl (C=O) groups is 1. The van der Waals surface area contributed by atoms with Crippen molar-refractivity contribution in [3.8, 4) is 11.5 Å². The molecule has 0 radical (unpaired) electrons. The molecule has 0 spiro atoms. The highest BCUT2D eigenvalue weighted by Gasteiger charge is 2.47. The van der Waals surface area contributed by atoms with Crippen LogP contribution in [0.1, 0.15) is 52.1 Å². The minimum Gasteiger partial charge on any atom is -0.502 e. The molecule has 3 aliphatic rings. The molecule has 0 saturated carbocycles. The molecule has 4 heterocycles. The van der Waals surface area contributed by atoms with Gasteiger partial charge in [-0.25, -0.2) is 4.68 Å². The maximum absolute atomic E-state index is 13.3. The molecular weight excluding hydrogens is 408 g/mol. The van der Waals surface area contributed by atoms with Crippen molar-refractivity contribution in [2.75, 3.05) is 13.1 Å². The van der Waals surface area contributed by atoms with Crippen LogP contribution in [0.3, 0.4) is 0 Å². The Kier molecular flexibility index (Phi) is 4.29. The third-order valence-electron chi connectivity index (χ3n) is 6.62. The minimum atomic E-state index is -0.654. The summed E-state index contributed by atoms with van der Waals surface area (Å²) in [5, 5.41) is 18.7. The number of hydrogen-bond acceptors (Lipinski definition) is 6. The number of benzene rings is 2. The lowest BCUT2D eigenvalue weighted by atomic mass is 9.85. The van der Waals surface area contributed by atoms with Crippen LogP contribution in [0, 0.1) is 0 Å². The first kappa shape index (κ1) is 19.1. The molecule has 1 saturated heterocycles. The smallest absolute Gasteiger partial charge is 0.290 e. The Morgan fingerprint density at radius 2 is 1.72 bits per heavy atom. The van der Waals surface area contributed by atoms with Gasteiger partial charge in [-0.05, 0) is 30.0 Å². The lowest BCUT2D eigenvalue weighted by Crippen LogP contribution is -2.59. The average Bonchev–Trinajstić information content (AvgIpc) is 2.99. The van der Waals surface area contributed by atoms with Crippen molar-refractivity contribution in [1.82, 2.24) is 19.8 Å². The zero-order valence-electron chi connectivity index (χ0n) is 17.3. The van der Waals surface area contributed by atoms with Crippen LogP contribution < -0.4 is 10.2 Å². The molecule has 8 nitrogen and oxygen atoms in total. The average molecular weight is 430 g/mol. The van der Waals surface area contributed by atoms with E-state index in [1.54, 1.807) is 5.01 Å². The first-order valence-electron chi connectivity index (χ1n) is 10.8. The number of fused-ring (bicyclic) bond motifs is 4. The van der Waals surface area contributed by atoms with E-state index in [1.165, 1.54) is 4.68 Å². The van der Waals surface area contributed by atoms with Crippen molar-refractivity contribution >= 4 is 5.91 Å². The number of rotatable bonds is 1. The van der Waals surface area contributed by atoms with Crippen LogP contribution in [-0.4, -0.2) is 43.9 Å². The highest BCUT2D eigenvalue weighted by Crippen LogP contribution is 2.47. The van der Waals surface area contributed by atoms with Gasteiger partial charge in [-0.15, -0.1) is 0 Å². The SMILES string of the molecule is O=C1c2c(O)c(=O)cnn2C(C2c3ccccc3COc3ccccc32)N2CCCCN12. The summed E-state index contributed by atoms with van der Waals surface area (Å²) in [6, 6.07) is 16.0. The number of carbonyl (C=O) groups excluding carboxylic acids is 1. The second-order valence-electron chi connectivity index (χ2n) is 8.37. The number of aromatic nitrogens is 2. The van der Waals surface area contributed by atoms with Gasteiger partial charge in [-0.2, -0.15) is 10.1 Å². The van der Waals surface area contributed by atoms with Crippen molar-refractivity contribution in [3.63, 3.8) is 0 Å². The molecule has 3 aromatic rings. The predicted molar refractivity (Wildman–Crippen MR) is 115 cm³/mol. The van der Waals surface area contributed by atoms with Gasteiger partial charge in [0.2, 0.25) is 5.43 Å². The Balaban J connectivity index is 1.66. The van der Waals surface area contributed by atoms with Crippen molar-refractivity contribution in [2.45, 2.75) is 31.5 Å². The third kappa shape index (κ3) is 2.69. The summed E-state index contributed by atoms with van der Waals surface area (Å²) in [4.78, 5) is 25.5. The highest BCUT2D eigenvalue weighted by molar-refractivity contribution is 5.95. The fourth-order valence-corrected chi connectivity index (χ4v) is 5.18. The molecule has 1 fully saturated rings. The number of aromatic hydroxyl groups is 1. The topological polar surface area (TPSA) is 87.9 Å². The molecule has 2 aromatic carbocycles. The van der Waals surface area contributed by atoms with Gasteiger partial charge in [0.15, 0.2) is 11.4 Å². The van der Waals surface area contributed by atoms with E-state index in [1.807, 2.05) is 47.5 Å². The lowest BCUT2D eigenvalue weighted by Gasteiger charge is -2.49. The van der Waals surface area contributed by atoms with Crippen LogP contribution in [-0.2, 0) is 6.61 Å². The van der Waals surface area contributed by atoms with Crippen LogP contribution in [0.5, 0.6) is 11.5 Å².